The molecule has 2 aliphatic rings. The molecule has 0 bridgehead atoms. The molecule has 0 amide bonds. The fraction of sp³-hybridized carbons (Fsp3) is 0.636. The molecule has 72 valence electrons. The van der Waals surface area contributed by atoms with E-state index < -0.39 is 0 Å². The number of fused-ring (bicyclic) bond motifs is 1. The molecule has 0 aromatic rings. The lowest BCUT2D eigenvalue weighted by atomic mass is 9.68. The van der Waals surface area contributed by atoms with E-state index >= 15 is 0 Å². The summed E-state index contributed by atoms with van der Waals surface area (Å²) in [5.41, 5.74) is 1.84. The van der Waals surface area contributed by atoms with Crippen LogP contribution in [0.5, 0.6) is 0 Å². The van der Waals surface area contributed by atoms with Gasteiger partial charge in [0.25, 0.3) is 0 Å². The van der Waals surface area contributed by atoms with E-state index in [1.165, 1.54) is 31.3 Å². The normalized spacial score (nSPS) is 33.1. The van der Waals surface area contributed by atoms with Gasteiger partial charge < -0.3 is 4.84 Å². The molecule has 2 nitrogen and oxygen atoms in total. The largest absolute Gasteiger partial charge is 0.416 e. The summed E-state index contributed by atoms with van der Waals surface area (Å²) in [6.45, 7) is 2.35. The maximum absolute atomic E-state index is 5.17. The molecule has 13 heavy (non-hydrogen) atoms. The summed E-state index contributed by atoms with van der Waals surface area (Å²) < 4.78 is 0. The quantitative estimate of drug-likeness (QED) is 0.628. The van der Waals surface area contributed by atoms with Crippen LogP contribution >= 0.6 is 0 Å². The van der Waals surface area contributed by atoms with Gasteiger partial charge in [0.15, 0.2) is 0 Å². The molecule has 0 saturated heterocycles. The van der Waals surface area contributed by atoms with Gasteiger partial charge >= 0.3 is 0 Å². The van der Waals surface area contributed by atoms with E-state index in [0.29, 0.717) is 5.41 Å². The molecule has 0 fully saturated rings. The summed E-state index contributed by atoms with van der Waals surface area (Å²) in [7, 11) is 0. The molecule has 0 spiro atoms. The molecule has 0 aliphatic heterocycles. The number of hydrogen-bond acceptors (Lipinski definition) is 2. The molecule has 0 heterocycles. The molecule has 0 saturated carbocycles. The monoisotopic (exact) mass is 179 g/mol. The van der Waals surface area contributed by atoms with Crippen molar-refractivity contribution in [3.05, 3.63) is 23.5 Å². The molecule has 2 aliphatic carbocycles. The topological polar surface area (TPSA) is 35.2 Å². The van der Waals surface area contributed by atoms with E-state index in [4.69, 9.17) is 10.7 Å². The van der Waals surface area contributed by atoms with Crippen molar-refractivity contribution >= 4 is 0 Å². The van der Waals surface area contributed by atoms with Crippen LogP contribution in [0.15, 0.2) is 23.5 Å². The maximum atomic E-state index is 5.17. The minimum absolute atomic E-state index is 0.403. The highest BCUT2D eigenvalue weighted by Gasteiger charge is 2.33. The van der Waals surface area contributed by atoms with Crippen LogP contribution in [0, 0.1) is 5.41 Å². The molecular formula is C11H17NO. The van der Waals surface area contributed by atoms with Gasteiger partial charge in [-0.25, -0.2) is 0 Å². The Morgan fingerprint density at radius 2 is 2.31 bits per heavy atom. The predicted octanol–water partition coefficient (Wildman–Crippen LogP) is 2.67. The Labute approximate surface area is 79.4 Å². The van der Waals surface area contributed by atoms with Gasteiger partial charge in [0.2, 0.25) is 0 Å². The minimum atomic E-state index is 0.403. The molecule has 0 aromatic carbocycles. The Morgan fingerprint density at radius 3 is 3.08 bits per heavy atom. The minimum Gasteiger partial charge on any atom is -0.416 e. The molecule has 2 rings (SSSR count). The van der Waals surface area contributed by atoms with Gasteiger partial charge in [-0.1, -0.05) is 13.0 Å². The molecule has 0 aromatic heterocycles. The lowest BCUT2D eigenvalue weighted by molar-refractivity contribution is 0.183. The molecule has 2 heteroatoms. The maximum Gasteiger partial charge on any atom is 0.124 e. The molecule has 0 radical (unpaired) electrons. The van der Waals surface area contributed by atoms with Crippen molar-refractivity contribution in [2.75, 3.05) is 0 Å². The number of rotatable bonds is 1. The highest BCUT2D eigenvalue weighted by molar-refractivity contribution is 5.32. The Bertz CT molecular complexity index is 267. The fourth-order valence-corrected chi connectivity index (χ4v) is 2.38. The van der Waals surface area contributed by atoms with Crippen LogP contribution in [-0.4, -0.2) is 0 Å². The van der Waals surface area contributed by atoms with Gasteiger partial charge in [-0.3, -0.25) is 0 Å². The van der Waals surface area contributed by atoms with E-state index in [2.05, 4.69) is 19.1 Å². The van der Waals surface area contributed by atoms with E-state index in [1.54, 1.807) is 0 Å². The molecule has 1 atom stereocenters. The Balaban J connectivity index is 2.29. The van der Waals surface area contributed by atoms with Gasteiger partial charge in [-0.15, -0.1) is 0 Å². The van der Waals surface area contributed by atoms with Crippen molar-refractivity contribution in [2.24, 2.45) is 11.3 Å². The first kappa shape index (κ1) is 8.82. The van der Waals surface area contributed by atoms with Crippen LogP contribution in [-0.2, 0) is 4.84 Å². The van der Waals surface area contributed by atoms with Crippen molar-refractivity contribution < 1.29 is 4.84 Å². The summed E-state index contributed by atoms with van der Waals surface area (Å²) in [6.07, 6.45) is 10.5. The second-order valence-corrected chi connectivity index (χ2v) is 4.34. The van der Waals surface area contributed by atoms with E-state index in [1.807, 2.05) is 0 Å². The average Bonchev–Trinajstić information content (AvgIpc) is 2.16. The van der Waals surface area contributed by atoms with E-state index in [-0.39, 0.29) is 0 Å². The molecule has 2 N–H and O–H groups in total. The first-order chi connectivity index (χ1) is 6.24. The zero-order valence-corrected chi connectivity index (χ0v) is 8.18. The van der Waals surface area contributed by atoms with Crippen LogP contribution in [0.25, 0.3) is 0 Å². The average molecular weight is 179 g/mol. The lowest BCUT2D eigenvalue weighted by Crippen LogP contribution is -2.25. The summed E-state index contributed by atoms with van der Waals surface area (Å²) >= 11 is 0. The Kier molecular flexibility index (Phi) is 2.16. The number of allylic oxidation sites excluding steroid dienone is 4. The first-order valence-electron chi connectivity index (χ1n) is 5.02. The van der Waals surface area contributed by atoms with Crippen LogP contribution in [0.3, 0.4) is 0 Å². The third-order valence-electron chi connectivity index (χ3n) is 3.38. The van der Waals surface area contributed by atoms with E-state index in [9.17, 15) is 0 Å². The summed E-state index contributed by atoms with van der Waals surface area (Å²) in [5.74, 6) is 6.11. The Morgan fingerprint density at radius 1 is 1.46 bits per heavy atom. The van der Waals surface area contributed by atoms with Crippen molar-refractivity contribution in [1.29, 1.82) is 0 Å². The number of nitrogens with two attached hydrogens (primary N) is 1. The highest BCUT2D eigenvalue weighted by atomic mass is 16.6. The van der Waals surface area contributed by atoms with Crippen molar-refractivity contribution in [1.82, 2.24) is 0 Å². The van der Waals surface area contributed by atoms with Crippen molar-refractivity contribution in [2.45, 2.75) is 39.0 Å². The summed E-state index contributed by atoms with van der Waals surface area (Å²) in [5, 5.41) is 0. The second-order valence-electron chi connectivity index (χ2n) is 4.34. The molecular weight excluding hydrogens is 162 g/mol. The van der Waals surface area contributed by atoms with Gasteiger partial charge in [0.1, 0.15) is 5.76 Å². The van der Waals surface area contributed by atoms with Crippen LogP contribution < -0.4 is 5.90 Å². The first-order valence-corrected chi connectivity index (χ1v) is 5.02. The lowest BCUT2D eigenvalue weighted by Gasteiger charge is -2.37. The van der Waals surface area contributed by atoms with Crippen LogP contribution in [0.1, 0.15) is 39.0 Å². The van der Waals surface area contributed by atoms with Crippen molar-refractivity contribution in [3.63, 3.8) is 0 Å². The SMILES string of the molecule is C[C@@]12CCCC=C1C=C(ON)CC2. The predicted molar refractivity (Wildman–Crippen MR) is 52.6 cm³/mol. The van der Waals surface area contributed by atoms with Crippen LogP contribution in [0.4, 0.5) is 0 Å². The highest BCUT2D eigenvalue weighted by Crippen LogP contribution is 2.45. The zero-order valence-electron chi connectivity index (χ0n) is 8.18. The summed E-state index contributed by atoms with van der Waals surface area (Å²) in [6, 6.07) is 0. The third-order valence-corrected chi connectivity index (χ3v) is 3.38. The van der Waals surface area contributed by atoms with Gasteiger partial charge in [0.05, 0.1) is 0 Å². The standard InChI is InChI=1S/C11H17NO/c1-11-6-3-2-4-9(11)8-10(13-12)5-7-11/h4,8H,2-3,5-7,12H2,1H3/t11-/m0/s1. The van der Waals surface area contributed by atoms with Crippen molar-refractivity contribution in [3.8, 4) is 0 Å². The second kappa shape index (κ2) is 3.18. The third kappa shape index (κ3) is 1.51. The zero-order chi connectivity index (χ0) is 9.31. The molecule has 0 unspecified atom stereocenters. The Hall–Kier alpha value is -0.760. The summed E-state index contributed by atoms with van der Waals surface area (Å²) in [4.78, 5) is 4.81. The van der Waals surface area contributed by atoms with E-state index in [0.717, 1.165) is 12.2 Å². The van der Waals surface area contributed by atoms with Gasteiger partial charge in [0, 0.05) is 6.42 Å². The van der Waals surface area contributed by atoms with Crippen LogP contribution in [0.2, 0.25) is 0 Å². The number of hydrogen-bond donors (Lipinski definition) is 1. The van der Waals surface area contributed by atoms with Gasteiger partial charge in [-0.2, -0.15) is 5.90 Å². The fourth-order valence-electron chi connectivity index (χ4n) is 2.38. The smallest absolute Gasteiger partial charge is 0.124 e. The van der Waals surface area contributed by atoms with Gasteiger partial charge in [-0.05, 0) is 42.7 Å².